The number of nitrogens with zero attached hydrogens (tertiary/aromatic N) is 1. The minimum atomic E-state index is -0.896. The van der Waals surface area contributed by atoms with Gasteiger partial charge in [-0.2, -0.15) is 0 Å². The Labute approximate surface area is 230 Å². The minimum absolute atomic E-state index is 0.0337. The Kier molecular flexibility index (Phi) is 7.00. The fraction of sp³-hybridized carbons (Fsp3) is 0.424. The monoisotopic (exact) mass is 527 g/mol. The molecule has 0 bridgehead atoms. The zero-order valence-corrected chi connectivity index (χ0v) is 23.3. The number of carbonyl (C=O) groups is 3. The standard InChI is InChI=1S/C33H37NO5/c1-32(2)16-24-30(26(35)18-32)29(22-11-8-12-23(15-22)39-20-21-9-6-5-7-10-21)31-25(34(24)14-13-28(37)38)17-33(3,4)19-27(31)36/h5-12,15,29H,13-14,16-20H2,1-4H3,(H,37,38). The van der Waals surface area contributed by atoms with E-state index in [0.29, 0.717) is 49.2 Å². The second-order valence-corrected chi connectivity index (χ2v) is 12.7. The molecule has 0 saturated heterocycles. The highest BCUT2D eigenvalue weighted by atomic mass is 16.5. The molecule has 0 fully saturated rings. The molecule has 2 aromatic rings. The lowest BCUT2D eigenvalue weighted by atomic mass is 9.63. The van der Waals surface area contributed by atoms with E-state index in [0.717, 1.165) is 22.5 Å². The fourth-order valence-corrected chi connectivity index (χ4v) is 6.38. The molecule has 39 heavy (non-hydrogen) atoms. The van der Waals surface area contributed by atoms with Crippen molar-refractivity contribution in [3.8, 4) is 5.75 Å². The number of hydrogen-bond donors (Lipinski definition) is 1. The molecule has 6 heteroatoms. The molecule has 2 aliphatic carbocycles. The zero-order chi connectivity index (χ0) is 27.9. The highest BCUT2D eigenvalue weighted by Crippen LogP contribution is 2.54. The van der Waals surface area contributed by atoms with Crippen molar-refractivity contribution in [3.63, 3.8) is 0 Å². The predicted molar refractivity (Wildman–Crippen MR) is 149 cm³/mol. The molecular formula is C33H37NO5. The topological polar surface area (TPSA) is 83.9 Å². The molecule has 204 valence electrons. The first kappa shape index (κ1) is 26.9. The van der Waals surface area contributed by atoms with E-state index in [1.807, 2.05) is 59.5 Å². The van der Waals surface area contributed by atoms with Gasteiger partial charge in [0, 0.05) is 47.8 Å². The van der Waals surface area contributed by atoms with Crippen LogP contribution in [0.25, 0.3) is 0 Å². The van der Waals surface area contributed by atoms with Gasteiger partial charge in [0.2, 0.25) is 0 Å². The van der Waals surface area contributed by atoms with Crippen LogP contribution in [0.1, 0.15) is 76.8 Å². The van der Waals surface area contributed by atoms with Crippen LogP contribution in [0.5, 0.6) is 5.75 Å². The summed E-state index contributed by atoms with van der Waals surface area (Å²) < 4.78 is 6.12. The number of aliphatic carboxylic acids is 1. The summed E-state index contributed by atoms with van der Waals surface area (Å²) in [6.45, 7) is 8.98. The molecule has 1 N–H and O–H groups in total. The van der Waals surface area contributed by atoms with Gasteiger partial charge in [-0.1, -0.05) is 70.2 Å². The molecule has 0 aromatic heterocycles. The number of allylic oxidation sites excluding steroid dienone is 4. The molecule has 0 atom stereocenters. The van der Waals surface area contributed by atoms with Crippen LogP contribution in [-0.2, 0) is 21.0 Å². The lowest BCUT2D eigenvalue weighted by Crippen LogP contribution is -2.45. The number of carbonyl (C=O) groups excluding carboxylic acids is 2. The van der Waals surface area contributed by atoms with E-state index in [1.54, 1.807) is 0 Å². The van der Waals surface area contributed by atoms with Crippen molar-refractivity contribution >= 4 is 17.5 Å². The smallest absolute Gasteiger partial charge is 0.305 e. The van der Waals surface area contributed by atoms with Gasteiger partial charge >= 0.3 is 5.97 Å². The Hall–Kier alpha value is -3.67. The first-order valence-electron chi connectivity index (χ1n) is 13.7. The number of ketones is 2. The summed E-state index contributed by atoms with van der Waals surface area (Å²) in [7, 11) is 0. The summed E-state index contributed by atoms with van der Waals surface area (Å²) in [4.78, 5) is 41.3. The Morgan fingerprint density at radius 3 is 2.03 bits per heavy atom. The molecule has 0 unspecified atom stereocenters. The van der Waals surface area contributed by atoms with Crippen LogP contribution in [0.15, 0.2) is 77.1 Å². The average Bonchev–Trinajstić information content (AvgIpc) is 2.85. The molecule has 6 nitrogen and oxygen atoms in total. The Morgan fingerprint density at radius 1 is 0.872 bits per heavy atom. The van der Waals surface area contributed by atoms with E-state index < -0.39 is 11.9 Å². The predicted octanol–water partition coefficient (Wildman–Crippen LogP) is 6.43. The molecule has 2 aromatic carbocycles. The van der Waals surface area contributed by atoms with Crippen LogP contribution >= 0.6 is 0 Å². The minimum Gasteiger partial charge on any atom is -0.489 e. The number of Topliss-reactive ketones (excluding diaryl/α,β-unsaturated/α-hetero) is 2. The fourth-order valence-electron chi connectivity index (χ4n) is 6.38. The van der Waals surface area contributed by atoms with Crippen LogP contribution in [-0.4, -0.2) is 34.1 Å². The summed E-state index contributed by atoms with van der Waals surface area (Å²) >= 11 is 0. The van der Waals surface area contributed by atoms with E-state index in [2.05, 4.69) is 27.7 Å². The molecule has 0 amide bonds. The maximum atomic E-state index is 13.8. The van der Waals surface area contributed by atoms with Crippen molar-refractivity contribution in [1.82, 2.24) is 4.90 Å². The second-order valence-electron chi connectivity index (χ2n) is 12.7. The first-order chi connectivity index (χ1) is 18.4. The highest BCUT2D eigenvalue weighted by Gasteiger charge is 2.49. The maximum Gasteiger partial charge on any atom is 0.305 e. The van der Waals surface area contributed by atoms with E-state index >= 15 is 0 Å². The van der Waals surface area contributed by atoms with E-state index in [-0.39, 0.29) is 35.4 Å². The zero-order valence-electron chi connectivity index (χ0n) is 23.3. The van der Waals surface area contributed by atoms with E-state index in [1.165, 1.54) is 0 Å². The second kappa shape index (κ2) is 10.1. The Bertz CT molecular complexity index is 1330. The van der Waals surface area contributed by atoms with Gasteiger partial charge in [0.25, 0.3) is 0 Å². The third-order valence-electron chi connectivity index (χ3n) is 8.01. The summed E-state index contributed by atoms with van der Waals surface area (Å²) in [6.07, 6.45) is 2.02. The number of benzene rings is 2. The van der Waals surface area contributed by atoms with Crippen molar-refractivity contribution in [2.45, 2.75) is 72.3 Å². The summed E-state index contributed by atoms with van der Waals surface area (Å²) in [5, 5.41) is 9.53. The molecule has 0 radical (unpaired) electrons. The van der Waals surface area contributed by atoms with Gasteiger partial charge < -0.3 is 14.7 Å². The highest BCUT2D eigenvalue weighted by molar-refractivity contribution is 6.06. The molecule has 1 heterocycles. The third-order valence-corrected chi connectivity index (χ3v) is 8.01. The van der Waals surface area contributed by atoms with Crippen molar-refractivity contribution < 1.29 is 24.2 Å². The quantitative estimate of drug-likeness (QED) is 0.447. The number of carboxylic acid groups (broad SMARTS) is 1. The summed E-state index contributed by atoms with van der Waals surface area (Å²) in [5.41, 5.74) is 4.45. The summed E-state index contributed by atoms with van der Waals surface area (Å²) in [5.74, 6) is -0.630. The largest absolute Gasteiger partial charge is 0.489 e. The van der Waals surface area contributed by atoms with Crippen LogP contribution < -0.4 is 4.74 Å². The third kappa shape index (κ3) is 5.56. The molecule has 0 saturated carbocycles. The Morgan fingerprint density at radius 2 is 1.46 bits per heavy atom. The van der Waals surface area contributed by atoms with Gasteiger partial charge in [-0.05, 0) is 46.9 Å². The lowest BCUT2D eigenvalue weighted by molar-refractivity contribution is -0.137. The van der Waals surface area contributed by atoms with Gasteiger partial charge in [-0.25, -0.2) is 0 Å². The molecule has 3 aliphatic rings. The molecular weight excluding hydrogens is 490 g/mol. The number of ether oxygens (including phenoxy) is 1. The molecule has 5 rings (SSSR count). The van der Waals surface area contributed by atoms with E-state index in [9.17, 15) is 19.5 Å². The van der Waals surface area contributed by atoms with Crippen LogP contribution in [0.2, 0.25) is 0 Å². The van der Waals surface area contributed by atoms with Crippen molar-refractivity contribution in [2.75, 3.05) is 6.54 Å². The lowest BCUT2D eigenvalue weighted by Gasteiger charge is -2.49. The SMILES string of the molecule is CC1(C)CC(=O)C2=C(C1)N(CCC(=O)O)C1=C(C(=O)CC(C)(C)C1)C2c1cccc(OCc2ccccc2)c1. The first-order valence-corrected chi connectivity index (χ1v) is 13.7. The normalized spacial score (nSPS) is 20.6. The number of hydrogen-bond acceptors (Lipinski definition) is 5. The van der Waals surface area contributed by atoms with Crippen molar-refractivity contribution in [2.24, 2.45) is 10.8 Å². The van der Waals surface area contributed by atoms with Gasteiger partial charge in [-0.3, -0.25) is 14.4 Å². The number of rotatable bonds is 7. The molecule has 1 aliphatic heterocycles. The summed E-state index contributed by atoms with van der Waals surface area (Å²) in [6, 6.07) is 17.7. The van der Waals surface area contributed by atoms with Gasteiger partial charge in [-0.15, -0.1) is 0 Å². The van der Waals surface area contributed by atoms with Crippen molar-refractivity contribution in [3.05, 3.63) is 88.3 Å². The van der Waals surface area contributed by atoms with Gasteiger partial charge in [0.05, 0.1) is 6.42 Å². The van der Waals surface area contributed by atoms with Crippen LogP contribution in [0.4, 0.5) is 0 Å². The van der Waals surface area contributed by atoms with Gasteiger partial charge in [0.15, 0.2) is 11.6 Å². The molecule has 0 spiro atoms. The number of carboxylic acids is 1. The van der Waals surface area contributed by atoms with Crippen molar-refractivity contribution in [1.29, 1.82) is 0 Å². The van der Waals surface area contributed by atoms with Crippen LogP contribution in [0, 0.1) is 10.8 Å². The van der Waals surface area contributed by atoms with Crippen LogP contribution in [0.3, 0.4) is 0 Å². The van der Waals surface area contributed by atoms with Gasteiger partial charge in [0.1, 0.15) is 12.4 Å². The maximum absolute atomic E-state index is 13.8. The van der Waals surface area contributed by atoms with E-state index in [4.69, 9.17) is 4.74 Å². The average molecular weight is 528 g/mol. The Balaban J connectivity index is 1.63.